The van der Waals surface area contributed by atoms with Gasteiger partial charge in [0.25, 0.3) is 0 Å². The molecule has 2 nitrogen and oxygen atoms in total. The molecule has 1 aromatic carbocycles. The van der Waals surface area contributed by atoms with Gasteiger partial charge in [-0.1, -0.05) is 40.9 Å². The van der Waals surface area contributed by atoms with E-state index in [1.54, 1.807) is 24.3 Å². The van der Waals surface area contributed by atoms with Gasteiger partial charge >= 0.3 is 0 Å². The molecule has 0 bridgehead atoms. The van der Waals surface area contributed by atoms with E-state index in [-0.39, 0.29) is 5.91 Å². The van der Waals surface area contributed by atoms with Crippen LogP contribution in [0.4, 0.5) is 0 Å². The maximum absolute atomic E-state index is 11.8. The Hall–Kier alpha value is -1.25. The van der Waals surface area contributed by atoms with E-state index in [1.165, 1.54) is 37.3 Å². The lowest BCUT2D eigenvalue weighted by Crippen LogP contribution is -2.22. The number of benzene rings is 1. The second-order valence-corrected chi connectivity index (χ2v) is 5.93. The average molecular weight is 324 g/mol. The van der Waals surface area contributed by atoms with Gasteiger partial charge in [-0.15, -0.1) is 0 Å². The summed E-state index contributed by atoms with van der Waals surface area (Å²) >= 11 is 12.1. The molecule has 1 amide bonds. The number of hydrogen-bond acceptors (Lipinski definition) is 1. The SMILES string of the molecule is O=C(C=Cc1c(Cl)cccc1Cl)NCCC1=CCCCC1. The van der Waals surface area contributed by atoms with Gasteiger partial charge in [-0.05, 0) is 50.3 Å². The van der Waals surface area contributed by atoms with E-state index in [9.17, 15) is 4.79 Å². The number of carbonyl (C=O) groups excluding carboxylic acids is 1. The fourth-order valence-corrected chi connectivity index (χ4v) is 2.89. The Morgan fingerprint density at radius 2 is 2.00 bits per heavy atom. The summed E-state index contributed by atoms with van der Waals surface area (Å²) in [4.78, 5) is 11.8. The molecule has 1 aromatic rings. The summed E-state index contributed by atoms with van der Waals surface area (Å²) in [6.45, 7) is 0.672. The van der Waals surface area contributed by atoms with Crippen molar-refractivity contribution in [3.05, 3.63) is 51.5 Å². The zero-order chi connectivity index (χ0) is 15.1. The molecule has 21 heavy (non-hydrogen) atoms. The van der Waals surface area contributed by atoms with Crippen molar-refractivity contribution in [3.8, 4) is 0 Å². The van der Waals surface area contributed by atoms with Crippen LogP contribution in [-0.2, 0) is 4.79 Å². The third kappa shape index (κ3) is 5.22. The summed E-state index contributed by atoms with van der Waals surface area (Å²) in [5, 5.41) is 3.97. The van der Waals surface area contributed by atoms with Crippen molar-refractivity contribution in [1.29, 1.82) is 0 Å². The van der Waals surface area contributed by atoms with Crippen molar-refractivity contribution in [2.24, 2.45) is 0 Å². The highest BCUT2D eigenvalue weighted by Crippen LogP contribution is 2.25. The quantitative estimate of drug-likeness (QED) is 0.598. The Labute approximate surface area is 135 Å². The molecule has 0 aliphatic heterocycles. The zero-order valence-electron chi connectivity index (χ0n) is 11.9. The molecule has 0 saturated heterocycles. The van der Waals surface area contributed by atoms with Crippen LogP contribution < -0.4 is 5.32 Å². The summed E-state index contributed by atoms with van der Waals surface area (Å²) in [6.07, 6.45) is 11.3. The van der Waals surface area contributed by atoms with Gasteiger partial charge in [0.05, 0.1) is 0 Å². The van der Waals surface area contributed by atoms with Gasteiger partial charge in [-0.3, -0.25) is 4.79 Å². The summed E-state index contributed by atoms with van der Waals surface area (Å²) in [5.74, 6) is -0.123. The van der Waals surface area contributed by atoms with E-state index in [1.807, 2.05) is 0 Å². The largest absolute Gasteiger partial charge is 0.352 e. The lowest BCUT2D eigenvalue weighted by Gasteiger charge is -2.12. The number of carbonyl (C=O) groups is 1. The molecule has 0 saturated carbocycles. The highest BCUT2D eigenvalue weighted by atomic mass is 35.5. The molecule has 0 unspecified atom stereocenters. The predicted octanol–water partition coefficient (Wildman–Crippen LogP) is 5.01. The molecule has 0 heterocycles. The van der Waals surface area contributed by atoms with Crippen LogP contribution in [-0.4, -0.2) is 12.5 Å². The smallest absolute Gasteiger partial charge is 0.244 e. The van der Waals surface area contributed by atoms with Crippen molar-refractivity contribution >= 4 is 35.2 Å². The van der Waals surface area contributed by atoms with Gasteiger partial charge in [0.1, 0.15) is 0 Å². The Morgan fingerprint density at radius 3 is 2.67 bits per heavy atom. The molecule has 0 atom stereocenters. The normalized spacial score (nSPS) is 15.0. The number of hydrogen-bond donors (Lipinski definition) is 1. The van der Waals surface area contributed by atoms with E-state index in [4.69, 9.17) is 23.2 Å². The highest BCUT2D eigenvalue weighted by molar-refractivity contribution is 6.37. The maximum Gasteiger partial charge on any atom is 0.244 e. The summed E-state index contributed by atoms with van der Waals surface area (Å²) in [7, 11) is 0. The van der Waals surface area contributed by atoms with Gasteiger partial charge in [0.15, 0.2) is 0 Å². The van der Waals surface area contributed by atoms with Crippen LogP contribution in [0.3, 0.4) is 0 Å². The van der Waals surface area contributed by atoms with Crippen LogP contribution >= 0.6 is 23.2 Å². The zero-order valence-corrected chi connectivity index (χ0v) is 13.4. The van der Waals surface area contributed by atoms with Crippen molar-refractivity contribution in [1.82, 2.24) is 5.32 Å². The van der Waals surface area contributed by atoms with Crippen LogP contribution in [0.2, 0.25) is 10.0 Å². The molecule has 1 aliphatic carbocycles. The third-order valence-electron chi connectivity index (χ3n) is 3.53. The lowest BCUT2D eigenvalue weighted by atomic mass is 9.97. The minimum Gasteiger partial charge on any atom is -0.352 e. The standard InChI is InChI=1S/C17H19Cl2NO/c18-15-7-4-8-16(19)14(15)9-10-17(21)20-12-11-13-5-2-1-3-6-13/h4-5,7-10H,1-3,6,11-12H2,(H,20,21). The van der Waals surface area contributed by atoms with E-state index >= 15 is 0 Å². The average Bonchev–Trinajstić information content (AvgIpc) is 2.48. The minimum atomic E-state index is -0.123. The molecule has 0 fully saturated rings. The number of allylic oxidation sites excluding steroid dienone is 1. The van der Waals surface area contributed by atoms with Crippen LogP contribution in [0, 0.1) is 0 Å². The van der Waals surface area contributed by atoms with Crippen molar-refractivity contribution < 1.29 is 4.79 Å². The summed E-state index contributed by atoms with van der Waals surface area (Å²) in [5.41, 5.74) is 2.13. The second kappa shape index (κ2) is 8.26. The van der Waals surface area contributed by atoms with Gasteiger partial charge in [0, 0.05) is 28.2 Å². The Bertz CT molecular complexity index is 544. The Balaban J connectivity index is 1.81. The fourth-order valence-electron chi connectivity index (χ4n) is 2.37. The van der Waals surface area contributed by atoms with Gasteiger partial charge in [0.2, 0.25) is 5.91 Å². The second-order valence-electron chi connectivity index (χ2n) is 5.12. The maximum atomic E-state index is 11.8. The van der Waals surface area contributed by atoms with Crippen molar-refractivity contribution in [2.75, 3.05) is 6.54 Å². The Kier molecular flexibility index (Phi) is 6.34. The summed E-state index contributed by atoms with van der Waals surface area (Å²) in [6, 6.07) is 5.28. The lowest BCUT2D eigenvalue weighted by molar-refractivity contribution is -0.116. The third-order valence-corrected chi connectivity index (χ3v) is 4.19. The van der Waals surface area contributed by atoms with E-state index in [2.05, 4.69) is 11.4 Å². The summed E-state index contributed by atoms with van der Waals surface area (Å²) < 4.78 is 0. The first-order valence-corrected chi connectivity index (χ1v) is 8.00. The number of halogens is 2. The molecule has 2 rings (SSSR count). The first-order valence-electron chi connectivity index (χ1n) is 7.24. The monoisotopic (exact) mass is 323 g/mol. The van der Waals surface area contributed by atoms with Crippen LogP contribution in [0.5, 0.6) is 0 Å². The van der Waals surface area contributed by atoms with Crippen LogP contribution in [0.15, 0.2) is 35.9 Å². The molecule has 4 heteroatoms. The van der Waals surface area contributed by atoms with Gasteiger partial charge in [-0.25, -0.2) is 0 Å². The molecule has 0 radical (unpaired) electrons. The van der Waals surface area contributed by atoms with Crippen molar-refractivity contribution in [3.63, 3.8) is 0 Å². The molecule has 0 spiro atoms. The number of nitrogens with one attached hydrogen (secondary N) is 1. The van der Waals surface area contributed by atoms with Crippen LogP contribution in [0.25, 0.3) is 6.08 Å². The first-order chi connectivity index (χ1) is 10.2. The highest BCUT2D eigenvalue weighted by Gasteiger charge is 2.05. The molecule has 1 N–H and O–H groups in total. The van der Waals surface area contributed by atoms with E-state index in [0.29, 0.717) is 22.2 Å². The number of rotatable bonds is 5. The van der Waals surface area contributed by atoms with Gasteiger partial charge < -0.3 is 5.32 Å². The molecule has 112 valence electrons. The fraction of sp³-hybridized carbons (Fsp3) is 0.353. The van der Waals surface area contributed by atoms with E-state index < -0.39 is 0 Å². The minimum absolute atomic E-state index is 0.123. The predicted molar refractivity (Wildman–Crippen MR) is 89.7 cm³/mol. The molecule has 0 aromatic heterocycles. The molecule has 1 aliphatic rings. The Morgan fingerprint density at radius 1 is 1.24 bits per heavy atom. The number of amides is 1. The topological polar surface area (TPSA) is 29.1 Å². The first kappa shape index (κ1) is 16.1. The van der Waals surface area contributed by atoms with Crippen LogP contribution in [0.1, 0.15) is 37.7 Å². The molecular weight excluding hydrogens is 305 g/mol. The van der Waals surface area contributed by atoms with Crippen molar-refractivity contribution in [2.45, 2.75) is 32.1 Å². The molecular formula is C17H19Cl2NO. The van der Waals surface area contributed by atoms with Gasteiger partial charge in [-0.2, -0.15) is 0 Å². The van der Waals surface area contributed by atoms with E-state index in [0.717, 1.165) is 6.42 Å².